The normalized spacial score (nSPS) is 12.5. The fourth-order valence-electron chi connectivity index (χ4n) is 0.967. The first-order valence-corrected chi connectivity index (χ1v) is 5.44. The molecule has 0 aliphatic heterocycles. The first-order valence-electron chi connectivity index (χ1n) is 4.18. The molecule has 0 fully saturated rings. The van der Waals surface area contributed by atoms with Crippen LogP contribution < -0.4 is 0 Å². The summed E-state index contributed by atoms with van der Waals surface area (Å²) < 4.78 is 13.2. The topological polar surface area (TPSA) is 50.2 Å². The number of aromatic nitrogens is 1. The predicted octanol–water partition coefficient (Wildman–Crippen LogP) is 2.83. The van der Waals surface area contributed by atoms with Crippen molar-refractivity contribution in [2.24, 2.45) is 0 Å². The SMILES string of the molecule is CC(CC(=O)O)Sc1ncc(Cl)cc1F. The van der Waals surface area contributed by atoms with Gasteiger partial charge in [-0.1, -0.05) is 30.3 Å². The average Bonchev–Trinajstić information content (AvgIpc) is 2.08. The van der Waals surface area contributed by atoms with Crippen LogP contribution in [0.3, 0.4) is 0 Å². The van der Waals surface area contributed by atoms with Gasteiger partial charge in [-0.3, -0.25) is 4.79 Å². The van der Waals surface area contributed by atoms with Crippen molar-refractivity contribution in [3.8, 4) is 0 Å². The average molecular weight is 250 g/mol. The number of carboxylic acids is 1. The zero-order valence-corrected chi connectivity index (χ0v) is 9.48. The molecule has 1 aromatic rings. The molecular formula is C9H9ClFNO2S. The fourth-order valence-corrected chi connectivity index (χ4v) is 2.00. The van der Waals surface area contributed by atoms with E-state index >= 15 is 0 Å². The molecular weight excluding hydrogens is 241 g/mol. The Bertz CT molecular complexity index is 375. The molecule has 15 heavy (non-hydrogen) atoms. The van der Waals surface area contributed by atoms with Crippen molar-refractivity contribution < 1.29 is 14.3 Å². The molecule has 6 heteroatoms. The number of hydrogen-bond acceptors (Lipinski definition) is 3. The molecule has 1 unspecified atom stereocenters. The second-order valence-electron chi connectivity index (χ2n) is 2.97. The van der Waals surface area contributed by atoms with E-state index in [2.05, 4.69) is 4.98 Å². The van der Waals surface area contributed by atoms with Gasteiger partial charge >= 0.3 is 5.97 Å². The van der Waals surface area contributed by atoms with E-state index in [4.69, 9.17) is 16.7 Å². The maximum absolute atomic E-state index is 13.2. The lowest BCUT2D eigenvalue weighted by Gasteiger charge is -2.07. The van der Waals surface area contributed by atoms with Gasteiger partial charge in [0, 0.05) is 11.4 Å². The van der Waals surface area contributed by atoms with Crippen molar-refractivity contribution in [1.82, 2.24) is 4.98 Å². The summed E-state index contributed by atoms with van der Waals surface area (Å²) in [5.74, 6) is -1.44. The summed E-state index contributed by atoms with van der Waals surface area (Å²) in [4.78, 5) is 14.2. The Hall–Kier alpha value is -0.810. The Morgan fingerprint density at radius 1 is 1.80 bits per heavy atom. The highest BCUT2D eigenvalue weighted by Gasteiger charge is 2.13. The van der Waals surface area contributed by atoms with Crippen LogP contribution in [-0.4, -0.2) is 21.3 Å². The molecule has 3 nitrogen and oxygen atoms in total. The van der Waals surface area contributed by atoms with E-state index in [1.807, 2.05) is 0 Å². The van der Waals surface area contributed by atoms with E-state index in [-0.39, 0.29) is 21.7 Å². The van der Waals surface area contributed by atoms with Gasteiger partial charge in [0.05, 0.1) is 11.4 Å². The summed E-state index contributed by atoms with van der Waals surface area (Å²) in [5.41, 5.74) is 0. The highest BCUT2D eigenvalue weighted by Crippen LogP contribution is 2.26. The predicted molar refractivity (Wildman–Crippen MR) is 56.8 cm³/mol. The number of nitrogens with zero attached hydrogens (tertiary/aromatic N) is 1. The molecule has 0 aromatic carbocycles. The Labute approximate surface area is 95.7 Å². The van der Waals surface area contributed by atoms with Gasteiger partial charge in [-0.2, -0.15) is 0 Å². The third-order valence-corrected chi connectivity index (χ3v) is 2.85. The third kappa shape index (κ3) is 4.05. The van der Waals surface area contributed by atoms with E-state index in [0.29, 0.717) is 0 Å². The van der Waals surface area contributed by atoms with Crippen molar-refractivity contribution in [3.63, 3.8) is 0 Å². The van der Waals surface area contributed by atoms with Gasteiger partial charge in [-0.05, 0) is 6.07 Å². The van der Waals surface area contributed by atoms with Crippen LogP contribution in [0.1, 0.15) is 13.3 Å². The molecule has 0 saturated carbocycles. The number of halogens is 2. The van der Waals surface area contributed by atoms with Crippen LogP contribution in [-0.2, 0) is 4.79 Å². The summed E-state index contributed by atoms with van der Waals surface area (Å²) in [6.45, 7) is 1.70. The van der Waals surface area contributed by atoms with Crippen LogP contribution in [0.25, 0.3) is 0 Å². The van der Waals surface area contributed by atoms with Crippen LogP contribution in [0.15, 0.2) is 17.3 Å². The Morgan fingerprint density at radius 2 is 2.47 bits per heavy atom. The molecule has 1 aromatic heterocycles. The molecule has 0 aliphatic rings. The van der Waals surface area contributed by atoms with Crippen molar-refractivity contribution in [2.45, 2.75) is 23.6 Å². The van der Waals surface area contributed by atoms with Gasteiger partial charge in [0.25, 0.3) is 0 Å². The molecule has 0 amide bonds. The summed E-state index contributed by atoms with van der Waals surface area (Å²) in [6, 6.07) is 1.16. The lowest BCUT2D eigenvalue weighted by molar-refractivity contribution is -0.136. The zero-order chi connectivity index (χ0) is 11.4. The van der Waals surface area contributed by atoms with Gasteiger partial charge < -0.3 is 5.11 Å². The lowest BCUT2D eigenvalue weighted by Crippen LogP contribution is -2.06. The molecule has 1 N–H and O–H groups in total. The molecule has 82 valence electrons. The number of rotatable bonds is 4. The molecule has 1 heterocycles. The first-order chi connectivity index (χ1) is 6.99. The lowest BCUT2D eigenvalue weighted by atomic mass is 10.3. The quantitative estimate of drug-likeness (QED) is 0.834. The van der Waals surface area contributed by atoms with Crippen LogP contribution >= 0.6 is 23.4 Å². The number of carbonyl (C=O) groups is 1. The van der Waals surface area contributed by atoms with Crippen LogP contribution in [0.4, 0.5) is 4.39 Å². The van der Waals surface area contributed by atoms with E-state index in [1.54, 1.807) is 6.92 Å². The minimum atomic E-state index is -0.913. The van der Waals surface area contributed by atoms with Crippen molar-refractivity contribution in [3.05, 3.63) is 23.1 Å². The number of hydrogen-bond donors (Lipinski definition) is 1. The maximum atomic E-state index is 13.2. The number of aliphatic carboxylic acids is 1. The van der Waals surface area contributed by atoms with Crippen LogP contribution in [0.5, 0.6) is 0 Å². The first kappa shape index (κ1) is 12.3. The Kier molecular flexibility index (Phi) is 4.35. The Morgan fingerprint density at radius 3 is 3.00 bits per heavy atom. The highest BCUT2D eigenvalue weighted by molar-refractivity contribution is 7.99. The molecule has 1 atom stereocenters. The van der Waals surface area contributed by atoms with E-state index < -0.39 is 11.8 Å². The van der Waals surface area contributed by atoms with Crippen LogP contribution in [0, 0.1) is 5.82 Å². The number of pyridine rings is 1. The van der Waals surface area contributed by atoms with Crippen molar-refractivity contribution in [2.75, 3.05) is 0 Å². The number of carboxylic acid groups (broad SMARTS) is 1. The van der Waals surface area contributed by atoms with E-state index in [0.717, 1.165) is 17.8 Å². The smallest absolute Gasteiger partial charge is 0.304 e. The van der Waals surface area contributed by atoms with Gasteiger partial charge in [-0.15, -0.1) is 0 Å². The summed E-state index contributed by atoms with van der Waals surface area (Å²) in [6.07, 6.45) is 1.30. The fraction of sp³-hybridized carbons (Fsp3) is 0.333. The molecule has 0 saturated heterocycles. The Balaban J connectivity index is 2.68. The molecule has 0 spiro atoms. The van der Waals surface area contributed by atoms with Gasteiger partial charge in [0.15, 0.2) is 5.82 Å². The molecule has 0 radical (unpaired) electrons. The zero-order valence-electron chi connectivity index (χ0n) is 7.91. The second kappa shape index (κ2) is 5.32. The van der Waals surface area contributed by atoms with Gasteiger partial charge in [0.1, 0.15) is 5.03 Å². The van der Waals surface area contributed by atoms with Gasteiger partial charge in [0.2, 0.25) is 0 Å². The van der Waals surface area contributed by atoms with Crippen LogP contribution in [0.2, 0.25) is 5.02 Å². The second-order valence-corrected chi connectivity index (χ2v) is 4.83. The third-order valence-electron chi connectivity index (χ3n) is 1.55. The molecule has 0 aliphatic carbocycles. The highest BCUT2D eigenvalue weighted by atomic mass is 35.5. The minimum absolute atomic E-state index is 0.0333. The standard InChI is InChI=1S/C9H9ClFNO2S/c1-5(2-8(13)14)15-9-7(11)3-6(10)4-12-9/h3-5H,2H2,1H3,(H,13,14). The maximum Gasteiger partial charge on any atom is 0.304 e. The van der Waals surface area contributed by atoms with Crippen molar-refractivity contribution >= 4 is 29.3 Å². The van der Waals surface area contributed by atoms with E-state index in [9.17, 15) is 9.18 Å². The minimum Gasteiger partial charge on any atom is -0.481 e. The summed E-state index contributed by atoms with van der Waals surface area (Å²) in [7, 11) is 0. The van der Waals surface area contributed by atoms with Gasteiger partial charge in [-0.25, -0.2) is 9.37 Å². The monoisotopic (exact) mass is 249 g/mol. The largest absolute Gasteiger partial charge is 0.481 e. The molecule has 0 bridgehead atoms. The number of thioether (sulfide) groups is 1. The van der Waals surface area contributed by atoms with Crippen molar-refractivity contribution in [1.29, 1.82) is 0 Å². The summed E-state index contributed by atoms with van der Waals surface area (Å²) in [5, 5.41) is 8.69. The molecule has 1 rings (SSSR count). The van der Waals surface area contributed by atoms with E-state index in [1.165, 1.54) is 6.20 Å². The summed E-state index contributed by atoms with van der Waals surface area (Å²) >= 11 is 6.61.